The van der Waals surface area contributed by atoms with Crippen LogP contribution in [0.4, 0.5) is 0 Å². The van der Waals surface area contributed by atoms with Crippen molar-refractivity contribution in [3.05, 3.63) is 16.7 Å². The van der Waals surface area contributed by atoms with Crippen molar-refractivity contribution < 1.29 is 14.2 Å². The Balaban J connectivity index is 2.14. The van der Waals surface area contributed by atoms with Crippen LogP contribution >= 0.6 is 0 Å². The van der Waals surface area contributed by atoms with Gasteiger partial charge in [0, 0.05) is 29.5 Å². The fourth-order valence-corrected chi connectivity index (χ4v) is 3.32. The summed E-state index contributed by atoms with van der Waals surface area (Å²) in [5.74, 6) is 2.84. The maximum atomic E-state index is 6.06. The van der Waals surface area contributed by atoms with Gasteiger partial charge in [-0.05, 0) is 33.2 Å². The van der Waals surface area contributed by atoms with Gasteiger partial charge in [0.05, 0.1) is 7.11 Å². The second kappa shape index (κ2) is 5.17. The molecule has 2 N–H and O–H groups in total. The van der Waals surface area contributed by atoms with Gasteiger partial charge < -0.3 is 19.9 Å². The summed E-state index contributed by atoms with van der Waals surface area (Å²) in [5.41, 5.74) is 9.39. The second-order valence-corrected chi connectivity index (χ2v) is 5.78. The first-order valence-electron chi connectivity index (χ1n) is 7.43. The Hall–Kier alpha value is -1.42. The van der Waals surface area contributed by atoms with Crippen LogP contribution in [0.25, 0.3) is 0 Å². The quantitative estimate of drug-likeness (QED) is 0.917. The predicted octanol–water partition coefficient (Wildman–Crippen LogP) is 2.23. The van der Waals surface area contributed by atoms with E-state index < -0.39 is 0 Å². The molecule has 0 saturated heterocycles. The second-order valence-electron chi connectivity index (χ2n) is 5.78. The van der Waals surface area contributed by atoms with Crippen molar-refractivity contribution in [2.24, 2.45) is 5.73 Å². The van der Waals surface area contributed by atoms with E-state index in [2.05, 4.69) is 13.8 Å². The lowest BCUT2D eigenvalue weighted by Crippen LogP contribution is -2.08. The van der Waals surface area contributed by atoms with Gasteiger partial charge >= 0.3 is 0 Å². The molecule has 0 saturated carbocycles. The molecule has 1 aromatic rings. The molecule has 0 spiro atoms. The van der Waals surface area contributed by atoms with Crippen molar-refractivity contribution in [1.82, 2.24) is 0 Å². The fraction of sp³-hybridized carbons (Fsp3) is 0.625. The van der Waals surface area contributed by atoms with E-state index in [1.165, 1.54) is 16.7 Å². The SMILES string of the molecule is COc1c2c(c(CCCN)c3c1OC(C)C3)OC(C)C2. The van der Waals surface area contributed by atoms with Crippen molar-refractivity contribution in [2.75, 3.05) is 13.7 Å². The standard InChI is InChI=1S/C16H23NO3/c1-9-7-12-11(5-4-6-17)14-13(8-10(2)19-14)15(18-3)16(12)20-9/h9-10H,4-8,17H2,1-3H3. The van der Waals surface area contributed by atoms with E-state index in [4.69, 9.17) is 19.9 Å². The number of nitrogens with two attached hydrogens (primary N) is 1. The summed E-state index contributed by atoms with van der Waals surface area (Å²) in [6.07, 6.45) is 4.15. The van der Waals surface area contributed by atoms with Crippen LogP contribution in [0.1, 0.15) is 37.0 Å². The molecule has 0 aliphatic carbocycles. The summed E-state index contributed by atoms with van der Waals surface area (Å²) in [6, 6.07) is 0. The highest BCUT2D eigenvalue weighted by molar-refractivity contribution is 5.66. The van der Waals surface area contributed by atoms with Crippen LogP contribution < -0.4 is 19.9 Å². The zero-order valence-corrected chi connectivity index (χ0v) is 12.5. The third-order valence-electron chi connectivity index (χ3n) is 4.12. The van der Waals surface area contributed by atoms with E-state index in [9.17, 15) is 0 Å². The molecule has 0 radical (unpaired) electrons. The molecule has 0 amide bonds. The average Bonchev–Trinajstić information content (AvgIpc) is 2.96. The minimum atomic E-state index is 0.204. The molecule has 2 atom stereocenters. The highest BCUT2D eigenvalue weighted by Crippen LogP contribution is 2.51. The normalized spacial score (nSPS) is 23.0. The number of hydrogen-bond donors (Lipinski definition) is 1. The maximum Gasteiger partial charge on any atom is 0.168 e. The Kier molecular flexibility index (Phi) is 3.50. The highest BCUT2D eigenvalue weighted by atomic mass is 16.5. The van der Waals surface area contributed by atoms with Crippen LogP contribution in [-0.4, -0.2) is 25.9 Å². The first-order chi connectivity index (χ1) is 9.65. The van der Waals surface area contributed by atoms with Crippen LogP contribution in [-0.2, 0) is 19.3 Å². The summed E-state index contributed by atoms with van der Waals surface area (Å²) in [6.45, 7) is 4.89. The Morgan fingerprint density at radius 3 is 2.40 bits per heavy atom. The third kappa shape index (κ3) is 2.03. The van der Waals surface area contributed by atoms with Crippen molar-refractivity contribution in [2.45, 2.75) is 51.7 Å². The average molecular weight is 277 g/mol. The molecule has 20 heavy (non-hydrogen) atoms. The zero-order chi connectivity index (χ0) is 14.3. The minimum absolute atomic E-state index is 0.204. The lowest BCUT2D eigenvalue weighted by molar-refractivity contribution is 0.242. The zero-order valence-electron chi connectivity index (χ0n) is 12.5. The van der Waals surface area contributed by atoms with Crippen LogP contribution in [0.3, 0.4) is 0 Å². The highest BCUT2D eigenvalue weighted by Gasteiger charge is 2.35. The summed E-state index contributed by atoms with van der Waals surface area (Å²) >= 11 is 0. The van der Waals surface area contributed by atoms with Gasteiger partial charge in [0.1, 0.15) is 18.0 Å². The molecule has 0 bridgehead atoms. The van der Waals surface area contributed by atoms with Gasteiger partial charge in [-0.2, -0.15) is 0 Å². The molecule has 1 aromatic carbocycles. The van der Waals surface area contributed by atoms with E-state index in [-0.39, 0.29) is 12.2 Å². The van der Waals surface area contributed by atoms with Crippen molar-refractivity contribution >= 4 is 0 Å². The molecule has 110 valence electrons. The van der Waals surface area contributed by atoms with Crippen LogP contribution in [0.2, 0.25) is 0 Å². The van der Waals surface area contributed by atoms with Gasteiger partial charge in [0.15, 0.2) is 11.5 Å². The van der Waals surface area contributed by atoms with E-state index in [1.54, 1.807) is 7.11 Å². The number of methoxy groups -OCH3 is 1. The maximum absolute atomic E-state index is 6.06. The van der Waals surface area contributed by atoms with E-state index >= 15 is 0 Å². The van der Waals surface area contributed by atoms with Crippen LogP contribution in [0.5, 0.6) is 17.2 Å². The van der Waals surface area contributed by atoms with Gasteiger partial charge in [0.25, 0.3) is 0 Å². The summed E-state index contributed by atoms with van der Waals surface area (Å²) in [4.78, 5) is 0. The van der Waals surface area contributed by atoms with E-state index in [0.29, 0.717) is 6.54 Å². The van der Waals surface area contributed by atoms with Crippen LogP contribution in [0, 0.1) is 0 Å². The number of ether oxygens (including phenoxy) is 3. The number of rotatable bonds is 4. The molecular formula is C16H23NO3. The molecular weight excluding hydrogens is 254 g/mol. The Bertz CT molecular complexity index is 488. The molecule has 4 heteroatoms. The minimum Gasteiger partial charge on any atom is -0.492 e. The van der Waals surface area contributed by atoms with E-state index in [1.807, 2.05) is 0 Å². The summed E-state index contributed by atoms with van der Waals surface area (Å²) in [7, 11) is 1.71. The molecule has 0 fully saturated rings. The van der Waals surface area contributed by atoms with Gasteiger partial charge in [0.2, 0.25) is 0 Å². The first-order valence-corrected chi connectivity index (χ1v) is 7.43. The monoisotopic (exact) mass is 277 g/mol. The largest absolute Gasteiger partial charge is 0.492 e. The van der Waals surface area contributed by atoms with Crippen molar-refractivity contribution in [1.29, 1.82) is 0 Å². The predicted molar refractivity (Wildman–Crippen MR) is 78.0 cm³/mol. The molecule has 2 aliphatic rings. The topological polar surface area (TPSA) is 53.7 Å². The van der Waals surface area contributed by atoms with Gasteiger partial charge in [-0.1, -0.05) is 0 Å². The van der Waals surface area contributed by atoms with Gasteiger partial charge in [-0.25, -0.2) is 0 Å². The van der Waals surface area contributed by atoms with Gasteiger partial charge in [-0.3, -0.25) is 0 Å². The molecule has 2 unspecified atom stereocenters. The number of fused-ring (bicyclic) bond motifs is 2. The Morgan fingerprint density at radius 2 is 1.75 bits per heavy atom. The summed E-state index contributed by atoms with van der Waals surface area (Å²) < 4.78 is 17.7. The number of benzene rings is 1. The van der Waals surface area contributed by atoms with Gasteiger partial charge in [-0.15, -0.1) is 0 Å². The van der Waals surface area contributed by atoms with Crippen molar-refractivity contribution in [3.8, 4) is 17.2 Å². The van der Waals surface area contributed by atoms with Crippen LogP contribution in [0.15, 0.2) is 0 Å². The third-order valence-corrected chi connectivity index (χ3v) is 4.12. The van der Waals surface area contributed by atoms with E-state index in [0.717, 1.165) is 42.9 Å². The fourth-order valence-electron chi connectivity index (χ4n) is 3.32. The first kappa shape index (κ1) is 13.6. The van der Waals surface area contributed by atoms with Crippen molar-refractivity contribution in [3.63, 3.8) is 0 Å². The number of hydrogen-bond acceptors (Lipinski definition) is 4. The summed E-state index contributed by atoms with van der Waals surface area (Å²) in [5, 5.41) is 0. The molecule has 2 aliphatic heterocycles. The Labute approximate surface area is 120 Å². The molecule has 0 aromatic heterocycles. The Morgan fingerprint density at radius 1 is 1.10 bits per heavy atom. The molecule has 2 heterocycles. The molecule has 4 nitrogen and oxygen atoms in total. The smallest absolute Gasteiger partial charge is 0.168 e. The lowest BCUT2D eigenvalue weighted by Gasteiger charge is -2.16. The lowest BCUT2D eigenvalue weighted by atomic mass is 9.94. The molecule has 3 rings (SSSR count).